The zero-order chi connectivity index (χ0) is 12.8. The first-order valence-electron chi connectivity index (χ1n) is 6.58. The molecule has 2 rings (SSSR count). The third-order valence-electron chi connectivity index (χ3n) is 3.20. The molecule has 0 radical (unpaired) electrons. The summed E-state index contributed by atoms with van der Waals surface area (Å²) in [6.45, 7) is 5.72. The molecule has 3 nitrogen and oxygen atoms in total. The van der Waals surface area contributed by atoms with Crippen molar-refractivity contribution < 1.29 is 4.74 Å². The Morgan fingerprint density at radius 3 is 3.00 bits per heavy atom. The van der Waals surface area contributed by atoms with E-state index in [0.717, 1.165) is 42.5 Å². The van der Waals surface area contributed by atoms with Crippen molar-refractivity contribution >= 4 is 17.3 Å². The number of benzene rings is 1. The van der Waals surface area contributed by atoms with Gasteiger partial charge in [-0.05, 0) is 37.5 Å². The number of halogens is 1. The van der Waals surface area contributed by atoms with Crippen LogP contribution in [0.2, 0.25) is 5.02 Å². The summed E-state index contributed by atoms with van der Waals surface area (Å²) in [5.41, 5.74) is 2.18. The van der Waals surface area contributed by atoms with Crippen LogP contribution in [0.3, 0.4) is 0 Å². The van der Waals surface area contributed by atoms with Gasteiger partial charge in [0, 0.05) is 37.0 Å². The van der Waals surface area contributed by atoms with E-state index in [-0.39, 0.29) is 0 Å². The molecular weight excluding hydrogens is 248 g/mol. The molecule has 1 aliphatic rings. The van der Waals surface area contributed by atoms with Crippen LogP contribution in [-0.4, -0.2) is 32.3 Å². The lowest BCUT2D eigenvalue weighted by atomic mass is 10.2. The van der Waals surface area contributed by atoms with Crippen molar-refractivity contribution in [1.29, 1.82) is 0 Å². The van der Waals surface area contributed by atoms with Gasteiger partial charge in [-0.2, -0.15) is 0 Å². The van der Waals surface area contributed by atoms with Gasteiger partial charge in [0.15, 0.2) is 0 Å². The van der Waals surface area contributed by atoms with E-state index in [1.807, 2.05) is 19.1 Å². The third kappa shape index (κ3) is 4.16. The fraction of sp³-hybridized carbons (Fsp3) is 0.571. The van der Waals surface area contributed by atoms with Gasteiger partial charge in [0.05, 0.1) is 6.10 Å². The fourth-order valence-electron chi connectivity index (χ4n) is 2.07. The van der Waals surface area contributed by atoms with Crippen LogP contribution in [0.5, 0.6) is 0 Å². The first kappa shape index (κ1) is 13.7. The van der Waals surface area contributed by atoms with Crippen molar-refractivity contribution in [2.45, 2.75) is 25.9 Å². The number of aryl methyl sites for hydroxylation is 1. The van der Waals surface area contributed by atoms with Gasteiger partial charge in [0.25, 0.3) is 0 Å². The quantitative estimate of drug-likeness (QED) is 0.779. The summed E-state index contributed by atoms with van der Waals surface area (Å²) in [5, 5.41) is 7.57. The van der Waals surface area contributed by atoms with Gasteiger partial charge >= 0.3 is 0 Å². The van der Waals surface area contributed by atoms with Crippen LogP contribution in [0.25, 0.3) is 0 Å². The van der Waals surface area contributed by atoms with E-state index < -0.39 is 0 Å². The van der Waals surface area contributed by atoms with Crippen molar-refractivity contribution in [3.05, 3.63) is 28.8 Å². The monoisotopic (exact) mass is 268 g/mol. The van der Waals surface area contributed by atoms with E-state index in [4.69, 9.17) is 16.3 Å². The van der Waals surface area contributed by atoms with E-state index in [9.17, 15) is 0 Å². The van der Waals surface area contributed by atoms with Crippen LogP contribution in [0.1, 0.15) is 18.4 Å². The highest BCUT2D eigenvalue weighted by atomic mass is 35.5. The number of hydrogen-bond donors (Lipinski definition) is 2. The molecule has 100 valence electrons. The predicted molar refractivity (Wildman–Crippen MR) is 76.5 cm³/mol. The molecule has 0 bridgehead atoms. The predicted octanol–water partition coefficient (Wildman–Crippen LogP) is 2.83. The van der Waals surface area contributed by atoms with E-state index in [1.54, 1.807) is 0 Å². The van der Waals surface area contributed by atoms with Crippen LogP contribution in [-0.2, 0) is 4.74 Å². The minimum atomic E-state index is 0.416. The highest BCUT2D eigenvalue weighted by Crippen LogP contribution is 2.19. The molecule has 1 atom stereocenters. The maximum Gasteiger partial charge on any atom is 0.0700 e. The molecule has 1 heterocycles. The first-order valence-corrected chi connectivity index (χ1v) is 6.96. The van der Waals surface area contributed by atoms with Gasteiger partial charge in [-0.15, -0.1) is 0 Å². The van der Waals surface area contributed by atoms with Crippen LogP contribution in [0.15, 0.2) is 18.2 Å². The van der Waals surface area contributed by atoms with Gasteiger partial charge < -0.3 is 15.4 Å². The van der Waals surface area contributed by atoms with Crippen molar-refractivity contribution in [1.82, 2.24) is 5.32 Å². The molecule has 0 amide bonds. The largest absolute Gasteiger partial charge is 0.384 e. The molecule has 1 aromatic carbocycles. The standard InChI is InChI=1S/C14H21ClN2O/c1-11-4-5-12(9-14(11)15)17-7-6-16-10-13-3-2-8-18-13/h4-5,9,13,16-17H,2-3,6-8,10H2,1H3. The summed E-state index contributed by atoms with van der Waals surface area (Å²) >= 11 is 6.07. The molecular formula is C14H21ClN2O. The van der Waals surface area contributed by atoms with Crippen molar-refractivity contribution in [3.63, 3.8) is 0 Å². The SMILES string of the molecule is Cc1ccc(NCCNCC2CCCO2)cc1Cl. The van der Waals surface area contributed by atoms with Gasteiger partial charge in [0.2, 0.25) is 0 Å². The lowest BCUT2D eigenvalue weighted by Crippen LogP contribution is -2.30. The van der Waals surface area contributed by atoms with Crippen LogP contribution >= 0.6 is 11.6 Å². The van der Waals surface area contributed by atoms with Crippen LogP contribution in [0.4, 0.5) is 5.69 Å². The Balaban J connectivity index is 1.61. The average Bonchev–Trinajstić information content (AvgIpc) is 2.86. The molecule has 1 unspecified atom stereocenters. The lowest BCUT2D eigenvalue weighted by molar-refractivity contribution is 0.110. The topological polar surface area (TPSA) is 33.3 Å². The Bertz CT molecular complexity index is 378. The highest BCUT2D eigenvalue weighted by Gasteiger charge is 2.13. The number of anilines is 1. The fourth-order valence-corrected chi connectivity index (χ4v) is 2.25. The summed E-state index contributed by atoms with van der Waals surface area (Å²) in [5.74, 6) is 0. The second kappa shape index (κ2) is 6.98. The Hall–Kier alpha value is -0.770. The number of ether oxygens (including phenoxy) is 1. The van der Waals surface area contributed by atoms with Crippen LogP contribution < -0.4 is 10.6 Å². The van der Waals surface area contributed by atoms with E-state index in [0.29, 0.717) is 6.10 Å². The Labute approximate surface area is 114 Å². The Kier molecular flexibility index (Phi) is 5.29. The third-order valence-corrected chi connectivity index (χ3v) is 3.61. The van der Waals surface area contributed by atoms with Crippen LogP contribution in [0, 0.1) is 6.92 Å². The van der Waals surface area contributed by atoms with Crippen molar-refractivity contribution in [3.8, 4) is 0 Å². The first-order chi connectivity index (χ1) is 8.75. The molecule has 4 heteroatoms. The summed E-state index contributed by atoms with van der Waals surface area (Å²) in [4.78, 5) is 0. The second-order valence-electron chi connectivity index (χ2n) is 4.73. The maximum absolute atomic E-state index is 6.07. The van der Waals surface area contributed by atoms with Crippen molar-refractivity contribution in [2.75, 3.05) is 31.6 Å². The number of hydrogen-bond acceptors (Lipinski definition) is 3. The van der Waals surface area contributed by atoms with Gasteiger partial charge in [-0.3, -0.25) is 0 Å². The number of rotatable bonds is 6. The Morgan fingerprint density at radius 2 is 2.28 bits per heavy atom. The molecule has 18 heavy (non-hydrogen) atoms. The second-order valence-corrected chi connectivity index (χ2v) is 5.14. The summed E-state index contributed by atoms with van der Waals surface area (Å²) in [7, 11) is 0. The maximum atomic E-state index is 6.07. The van der Waals surface area contributed by atoms with Gasteiger partial charge in [-0.25, -0.2) is 0 Å². The minimum absolute atomic E-state index is 0.416. The zero-order valence-corrected chi connectivity index (χ0v) is 11.6. The summed E-state index contributed by atoms with van der Waals surface area (Å²) in [6, 6.07) is 6.06. The molecule has 1 aromatic rings. The molecule has 0 aromatic heterocycles. The molecule has 0 saturated carbocycles. The summed E-state index contributed by atoms with van der Waals surface area (Å²) < 4.78 is 5.55. The average molecular weight is 269 g/mol. The molecule has 1 saturated heterocycles. The normalized spacial score (nSPS) is 19.1. The summed E-state index contributed by atoms with van der Waals surface area (Å²) in [6.07, 6.45) is 2.80. The highest BCUT2D eigenvalue weighted by molar-refractivity contribution is 6.31. The molecule has 0 spiro atoms. The smallest absolute Gasteiger partial charge is 0.0700 e. The Morgan fingerprint density at radius 1 is 1.39 bits per heavy atom. The van der Waals surface area contributed by atoms with Gasteiger partial charge in [-0.1, -0.05) is 17.7 Å². The zero-order valence-electron chi connectivity index (χ0n) is 10.8. The van der Waals surface area contributed by atoms with Crippen molar-refractivity contribution in [2.24, 2.45) is 0 Å². The van der Waals surface area contributed by atoms with E-state index in [1.165, 1.54) is 12.8 Å². The molecule has 1 aliphatic heterocycles. The lowest BCUT2D eigenvalue weighted by Gasteiger charge is -2.12. The molecule has 0 aliphatic carbocycles. The number of nitrogens with one attached hydrogen (secondary N) is 2. The molecule has 1 fully saturated rings. The molecule has 2 N–H and O–H groups in total. The minimum Gasteiger partial charge on any atom is -0.384 e. The van der Waals surface area contributed by atoms with E-state index >= 15 is 0 Å². The van der Waals surface area contributed by atoms with E-state index in [2.05, 4.69) is 16.7 Å². The van der Waals surface area contributed by atoms with Gasteiger partial charge in [0.1, 0.15) is 0 Å².